The molecule has 7 nitrogen and oxygen atoms in total. The van der Waals surface area contributed by atoms with Crippen LogP contribution >= 0.6 is 0 Å². The third kappa shape index (κ3) is 3.78. The molecule has 0 spiro atoms. The molecule has 0 saturated carbocycles. The number of hydrogen-bond acceptors (Lipinski definition) is 6. The highest BCUT2D eigenvalue weighted by Gasteiger charge is 2.33. The first-order valence-electron chi connectivity index (χ1n) is 9.17. The Morgan fingerprint density at radius 2 is 1.82 bits per heavy atom. The Hall–Kier alpha value is -3.09. The summed E-state index contributed by atoms with van der Waals surface area (Å²) >= 11 is 0. The van der Waals surface area contributed by atoms with Crippen molar-refractivity contribution in [2.75, 3.05) is 27.4 Å². The maximum Gasteiger partial charge on any atom is 0.410 e. The van der Waals surface area contributed by atoms with Gasteiger partial charge < -0.3 is 29.3 Å². The highest BCUT2D eigenvalue weighted by molar-refractivity contribution is 5.69. The van der Waals surface area contributed by atoms with E-state index >= 15 is 0 Å². The highest BCUT2D eigenvalue weighted by Crippen LogP contribution is 2.40. The largest absolute Gasteiger partial charge is 0.504 e. The van der Waals surface area contributed by atoms with Crippen molar-refractivity contribution in [3.63, 3.8) is 0 Å². The van der Waals surface area contributed by atoms with Crippen molar-refractivity contribution in [1.29, 1.82) is 0 Å². The van der Waals surface area contributed by atoms with Gasteiger partial charge in [-0.05, 0) is 60.7 Å². The monoisotopic (exact) mass is 387 g/mol. The molecule has 2 N–H and O–H groups in total. The lowest BCUT2D eigenvalue weighted by Gasteiger charge is -2.37. The lowest BCUT2D eigenvalue weighted by atomic mass is 9.88. The van der Waals surface area contributed by atoms with Crippen LogP contribution < -0.4 is 9.47 Å². The molecule has 0 fully saturated rings. The zero-order valence-corrected chi connectivity index (χ0v) is 16.3. The first-order valence-corrected chi connectivity index (χ1v) is 9.17. The molecule has 1 unspecified atom stereocenters. The Morgan fingerprint density at radius 3 is 2.46 bits per heavy atom. The molecule has 0 saturated heterocycles. The summed E-state index contributed by atoms with van der Waals surface area (Å²) in [6.07, 6.45) is 0.691. The average molecular weight is 387 g/mol. The van der Waals surface area contributed by atoms with Crippen molar-refractivity contribution in [1.82, 2.24) is 4.90 Å². The van der Waals surface area contributed by atoms with E-state index < -0.39 is 6.09 Å². The minimum atomic E-state index is -0.397. The fourth-order valence-corrected chi connectivity index (χ4v) is 3.61. The molecular weight excluding hydrogens is 362 g/mol. The van der Waals surface area contributed by atoms with Gasteiger partial charge in [0.2, 0.25) is 0 Å². The molecule has 1 aliphatic heterocycles. The molecule has 7 heteroatoms. The molecule has 2 aromatic rings. The second kappa shape index (κ2) is 8.29. The molecule has 0 aliphatic carbocycles. The van der Waals surface area contributed by atoms with Crippen LogP contribution in [0.25, 0.3) is 0 Å². The van der Waals surface area contributed by atoms with E-state index in [9.17, 15) is 15.0 Å². The van der Waals surface area contributed by atoms with Crippen LogP contribution in [0.5, 0.6) is 23.0 Å². The van der Waals surface area contributed by atoms with Gasteiger partial charge in [0.1, 0.15) is 0 Å². The van der Waals surface area contributed by atoms with Crippen LogP contribution in [0.4, 0.5) is 4.79 Å². The number of carbonyl (C=O) groups is 1. The van der Waals surface area contributed by atoms with Crippen LogP contribution in [0.3, 0.4) is 0 Å². The number of benzene rings is 2. The molecule has 0 radical (unpaired) electrons. The van der Waals surface area contributed by atoms with Crippen LogP contribution in [0, 0.1) is 0 Å². The number of phenols is 2. The first-order chi connectivity index (χ1) is 13.5. The topological polar surface area (TPSA) is 88.5 Å². The maximum atomic E-state index is 12.5. The highest BCUT2D eigenvalue weighted by atomic mass is 16.6. The Balaban J connectivity index is 2.00. The lowest BCUT2D eigenvalue weighted by molar-refractivity contribution is 0.0863. The van der Waals surface area contributed by atoms with Crippen molar-refractivity contribution in [3.05, 3.63) is 47.0 Å². The summed E-state index contributed by atoms with van der Waals surface area (Å²) in [7, 11) is 3.00. The van der Waals surface area contributed by atoms with E-state index in [0.717, 1.165) is 16.7 Å². The predicted octanol–water partition coefficient (Wildman–Crippen LogP) is 3.41. The molecule has 2 aromatic carbocycles. The van der Waals surface area contributed by atoms with E-state index in [4.69, 9.17) is 14.2 Å². The molecule has 150 valence electrons. The number of carbonyl (C=O) groups excluding carboxylic acids is 1. The van der Waals surface area contributed by atoms with Gasteiger partial charge >= 0.3 is 6.09 Å². The maximum absolute atomic E-state index is 12.5. The van der Waals surface area contributed by atoms with Crippen molar-refractivity contribution in [3.8, 4) is 23.0 Å². The zero-order chi connectivity index (χ0) is 20.3. The van der Waals surface area contributed by atoms with Gasteiger partial charge in [0.05, 0.1) is 26.9 Å². The average Bonchev–Trinajstić information content (AvgIpc) is 2.68. The summed E-state index contributed by atoms with van der Waals surface area (Å²) in [6.45, 7) is 2.54. The van der Waals surface area contributed by atoms with Crippen molar-refractivity contribution < 1.29 is 29.2 Å². The van der Waals surface area contributed by atoms with E-state index in [0.29, 0.717) is 30.9 Å². The van der Waals surface area contributed by atoms with Gasteiger partial charge in [-0.1, -0.05) is 6.07 Å². The quantitative estimate of drug-likeness (QED) is 0.817. The van der Waals surface area contributed by atoms with Crippen molar-refractivity contribution >= 4 is 6.09 Å². The second-order valence-corrected chi connectivity index (χ2v) is 6.59. The number of phenolic OH excluding ortho intramolecular Hbond substituents is 2. The van der Waals surface area contributed by atoms with Crippen LogP contribution in [0.2, 0.25) is 0 Å². The Bertz CT molecular complexity index is 866. The molecule has 0 aromatic heterocycles. The van der Waals surface area contributed by atoms with Gasteiger partial charge in [-0.2, -0.15) is 0 Å². The molecule has 1 amide bonds. The normalized spacial score (nSPS) is 15.7. The van der Waals surface area contributed by atoms with Gasteiger partial charge in [-0.3, -0.25) is 0 Å². The Kier molecular flexibility index (Phi) is 5.82. The smallest absolute Gasteiger partial charge is 0.410 e. The van der Waals surface area contributed by atoms with Crippen molar-refractivity contribution in [2.24, 2.45) is 0 Å². The van der Waals surface area contributed by atoms with Crippen LogP contribution in [0.15, 0.2) is 30.3 Å². The number of ether oxygens (including phenoxy) is 3. The van der Waals surface area contributed by atoms with E-state index in [1.165, 1.54) is 14.2 Å². The molecular formula is C21H25NO6. The Morgan fingerprint density at radius 1 is 1.11 bits per heavy atom. The Labute approximate surface area is 164 Å². The molecule has 1 atom stereocenters. The number of methoxy groups -OCH3 is 2. The minimum absolute atomic E-state index is 0.0227. The summed E-state index contributed by atoms with van der Waals surface area (Å²) in [5, 5.41) is 20.4. The molecule has 0 bridgehead atoms. The van der Waals surface area contributed by atoms with Gasteiger partial charge in [0.25, 0.3) is 0 Å². The lowest BCUT2D eigenvalue weighted by Crippen LogP contribution is -2.41. The number of hydrogen-bond donors (Lipinski definition) is 2. The number of rotatable bonds is 5. The fourth-order valence-electron chi connectivity index (χ4n) is 3.61. The van der Waals surface area contributed by atoms with Gasteiger partial charge in [0.15, 0.2) is 23.0 Å². The molecule has 28 heavy (non-hydrogen) atoms. The summed E-state index contributed by atoms with van der Waals surface area (Å²) in [5.74, 6) is 0.854. The van der Waals surface area contributed by atoms with Crippen LogP contribution in [0.1, 0.15) is 29.7 Å². The molecule has 3 rings (SSSR count). The van der Waals surface area contributed by atoms with Crippen LogP contribution in [-0.2, 0) is 17.6 Å². The van der Waals surface area contributed by atoms with Crippen LogP contribution in [-0.4, -0.2) is 48.6 Å². The molecule has 1 aliphatic rings. The number of amides is 1. The van der Waals surface area contributed by atoms with E-state index in [1.54, 1.807) is 30.0 Å². The van der Waals surface area contributed by atoms with Gasteiger partial charge in [-0.25, -0.2) is 4.79 Å². The predicted molar refractivity (Wildman–Crippen MR) is 103 cm³/mol. The summed E-state index contributed by atoms with van der Waals surface area (Å²) in [4.78, 5) is 14.2. The number of nitrogens with zero attached hydrogens (tertiary/aromatic N) is 1. The third-order valence-electron chi connectivity index (χ3n) is 4.97. The minimum Gasteiger partial charge on any atom is -0.504 e. The number of aromatic hydroxyl groups is 2. The SMILES string of the molecule is CCOC(=O)N1CCc2cc(OC)c(O)cc2C1Cc1ccc(OC)c(O)c1. The summed E-state index contributed by atoms with van der Waals surface area (Å²) in [5.41, 5.74) is 2.69. The summed E-state index contributed by atoms with van der Waals surface area (Å²) in [6, 6.07) is 8.28. The van der Waals surface area contributed by atoms with Gasteiger partial charge in [-0.15, -0.1) is 0 Å². The summed E-state index contributed by atoms with van der Waals surface area (Å²) < 4.78 is 15.5. The van der Waals surface area contributed by atoms with Gasteiger partial charge in [0, 0.05) is 6.54 Å². The zero-order valence-electron chi connectivity index (χ0n) is 16.3. The van der Waals surface area contributed by atoms with Crippen molar-refractivity contribution in [2.45, 2.75) is 25.8 Å². The number of fused-ring (bicyclic) bond motifs is 1. The van der Waals surface area contributed by atoms with E-state index in [1.807, 2.05) is 12.1 Å². The van der Waals surface area contributed by atoms with E-state index in [-0.39, 0.29) is 24.1 Å². The standard InChI is InChI=1S/C21H25NO6/c1-4-28-21(25)22-8-7-14-11-20(27-3)18(24)12-15(14)16(22)9-13-5-6-19(26-2)17(23)10-13/h5-6,10-12,16,23-24H,4,7-9H2,1-3H3. The fraction of sp³-hybridized carbons (Fsp3) is 0.381. The van der Waals surface area contributed by atoms with E-state index in [2.05, 4.69) is 0 Å². The molecule has 1 heterocycles. The first kappa shape index (κ1) is 19.7. The second-order valence-electron chi connectivity index (χ2n) is 6.59. The third-order valence-corrected chi connectivity index (χ3v) is 4.97.